The Hall–Kier alpha value is -0.860. The van der Waals surface area contributed by atoms with E-state index in [1.807, 2.05) is 6.07 Å². The summed E-state index contributed by atoms with van der Waals surface area (Å²) >= 11 is 0. The Labute approximate surface area is 79.9 Å². The van der Waals surface area contributed by atoms with Crippen molar-refractivity contribution in [2.45, 2.75) is 19.6 Å². The summed E-state index contributed by atoms with van der Waals surface area (Å²) in [6, 6.07) is 10.4. The van der Waals surface area contributed by atoms with Gasteiger partial charge in [-0.15, -0.1) is 0 Å². The molecule has 1 rings (SSSR count). The number of hydrogen-bond donors (Lipinski definition) is 1. The van der Waals surface area contributed by atoms with Crippen molar-refractivity contribution >= 4 is 0 Å². The van der Waals surface area contributed by atoms with Crippen LogP contribution in [0.15, 0.2) is 30.3 Å². The maximum atomic E-state index is 5.13. The third-order valence-electron chi connectivity index (χ3n) is 2.01. The molecule has 1 atom stereocenters. The summed E-state index contributed by atoms with van der Waals surface area (Å²) in [6.45, 7) is 3.86. The summed E-state index contributed by atoms with van der Waals surface area (Å²) in [5, 5.41) is 3.33. The largest absolute Gasteiger partial charge is 0.380 e. The van der Waals surface area contributed by atoms with Gasteiger partial charge in [-0.2, -0.15) is 0 Å². The molecule has 0 aliphatic carbocycles. The first-order valence-corrected chi connectivity index (χ1v) is 4.60. The van der Waals surface area contributed by atoms with Crippen molar-refractivity contribution in [1.29, 1.82) is 0 Å². The summed E-state index contributed by atoms with van der Waals surface area (Å²) in [4.78, 5) is 0. The van der Waals surface area contributed by atoms with E-state index in [1.54, 1.807) is 7.11 Å². The van der Waals surface area contributed by atoms with Gasteiger partial charge in [-0.3, -0.25) is 0 Å². The van der Waals surface area contributed by atoms with Crippen LogP contribution in [-0.2, 0) is 11.3 Å². The molecule has 0 saturated heterocycles. The lowest BCUT2D eigenvalue weighted by Crippen LogP contribution is -2.25. The minimum absolute atomic E-state index is 0.281. The second-order valence-corrected chi connectivity index (χ2v) is 3.16. The first kappa shape index (κ1) is 10.2. The molecular formula is C11H17NO. The molecule has 0 spiro atoms. The first-order chi connectivity index (χ1) is 6.33. The Morgan fingerprint density at radius 3 is 2.62 bits per heavy atom. The van der Waals surface area contributed by atoms with Crippen LogP contribution in [0.5, 0.6) is 0 Å². The van der Waals surface area contributed by atoms with E-state index in [1.165, 1.54) is 5.56 Å². The van der Waals surface area contributed by atoms with E-state index in [0.717, 1.165) is 13.1 Å². The first-order valence-electron chi connectivity index (χ1n) is 4.60. The highest BCUT2D eigenvalue weighted by Crippen LogP contribution is 1.97. The third-order valence-corrected chi connectivity index (χ3v) is 2.01. The van der Waals surface area contributed by atoms with E-state index in [0.29, 0.717) is 0 Å². The number of benzene rings is 1. The topological polar surface area (TPSA) is 21.3 Å². The fourth-order valence-electron chi connectivity index (χ4n) is 1.10. The van der Waals surface area contributed by atoms with E-state index in [-0.39, 0.29) is 6.10 Å². The van der Waals surface area contributed by atoms with Crippen LogP contribution in [0.25, 0.3) is 0 Å². The number of rotatable bonds is 5. The smallest absolute Gasteiger partial charge is 0.0667 e. The van der Waals surface area contributed by atoms with Gasteiger partial charge < -0.3 is 10.1 Å². The van der Waals surface area contributed by atoms with Crippen molar-refractivity contribution < 1.29 is 4.74 Å². The highest BCUT2D eigenvalue weighted by Gasteiger charge is 1.97. The second kappa shape index (κ2) is 5.73. The van der Waals surface area contributed by atoms with E-state index < -0.39 is 0 Å². The Kier molecular flexibility index (Phi) is 4.50. The van der Waals surface area contributed by atoms with Crippen LogP contribution in [0.1, 0.15) is 12.5 Å². The van der Waals surface area contributed by atoms with Gasteiger partial charge in [0.05, 0.1) is 6.10 Å². The second-order valence-electron chi connectivity index (χ2n) is 3.16. The molecule has 0 unspecified atom stereocenters. The Morgan fingerprint density at radius 2 is 2.00 bits per heavy atom. The average Bonchev–Trinajstić information content (AvgIpc) is 2.19. The van der Waals surface area contributed by atoms with Crippen molar-refractivity contribution in [2.75, 3.05) is 13.7 Å². The SMILES string of the molecule is CO[C@H](C)CNCc1ccccc1. The van der Waals surface area contributed by atoms with Crippen molar-refractivity contribution in [3.63, 3.8) is 0 Å². The van der Waals surface area contributed by atoms with Gasteiger partial charge in [-0.1, -0.05) is 30.3 Å². The summed E-state index contributed by atoms with van der Waals surface area (Å²) in [5.41, 5.74) is 1.31. The Morgan fingerprint density at radius 1 is 1.31 bits per heavy atom. The van der Waals surface area contributed by atoms with Crippen molar-refractivity contribution in [1.82, 2.24) is 5.32 Å². The summed E-state index contributed by atoms with van der Waals surface area (Å²) in [5.74, 6) is 0. The summed E-state index contributed by atoms with van der Waals surface area (Å²) < 4.78 is 5.13. The van der Waals surface area contributed by atoms with Crippen LogP contribution in [0.3, 0.4) is 0 Å². The van der Waals surface area contributed by atoms with E-state index in [2.05, 4.69) is 36.5 Å². The average molecular weight is 179 g/mol. The van der Waals surface area contributed by atoms with Gasteiger partial charge in [0.1, 0.15) is 0 Å². The number of nitrogens with one attached hydrogen (secondary N) is 1. The van der Waals surface area contributed by atoms with Crippen LogP contribution in [0.4, 0.5) is 0 Å². The monoisotopic (exact) mass is 179 g/mol. The molecule has 2 heteroatoms. The maximum Gasteiger partial charge on any atom is 0.0667 e. The molecule has 0 aromatic heterocycles. The molecule has 0 fully saturated rings. The van der Waals surface area contributed by atoms with Crippen LogP contribution >= 0.6 is 0 Å². The number of ether oxygens (including phenoxy) is 1. The molecule has 0 bridgehead atoms. The molecule has 13 heavy (non-hydrogen) atoms. The highest BCUT2D eigenvalue weighted by molar-refractivity contribution is 5.14. The van der Waals surface area contributed by atoms with Gasteiger partial charge in [-0.05, 0) is 12.5 Å². The van der Waals surface area contributed by atoms with Gasteiger partial charge in [0.2, 0.25) is 0 Å². The molecule has 1 aromatic rings. The van der Waals surface area contributed by atoms with E-state index in [9.17, 15) is 0 Å². The van der Waals surface area contributed by atoms with Crippen LogP contribution in [0, 0.1) is 0 Å². The zero-order valence-electron chi connectivity index (χ0n) is 8.29. The van der Waals surface area contributed by atoms with Gasteiger partial charge in [0, 0.05) is 20.2 Å². The quantitative estimate of drug-likeness (QED) is 0.744. The lowest BCUT2D eigenvalue weighted by molar-refractivity contribution is 0.117. The van der Waals surface area contributed by atoms with Crippen molar-refractivity contribution in [3.05, 3.63) is 35.9 Å². The standard InChI is InChI=1S/C11H17NO/c1-10(13-2)8-12-9-11-6-4-3-5-7-11/h3-7,10,12H,8-9H2,1-2H3/t10-/m1/s1. The van der Waals surface area contributed by atoms with Gasteiger partial charge in [0.15, 0.2) is 0 Å². The zero-order valence-corrected chi connectivity index (χ0v) is 8.29. The molecule has 0 amide bonds. The molecule has 72 valence electrons. The van der Waals surface area contributed by atoms with Crippen molar-refractivity contribution in [3.8, 4) is 0 Å². The highest BCUT2D eigenvalue weighted by atomic mass is 16.5. The molecule has 0 aliphatic rings. The predicted octanol–water partition coefficient (Wildman–Crippen LogP) is 1.81. The molecule has 0 saturated carbocycles. The molecule has 1 aromatic carbocycles. The molecule has 0 aliphatic heterocycles. The zero-order chi connectivity index (χ0) is 9.52. The Balaban J connectivity index is 2.20. The Bertz CT molecular complexity index is 223. The summed E-state index contributed by atoms with van der Waals surface area (Å²) in [7, 11) is 1.73. The van der Waals surface area contributed by atoms with Crippen molar-refractivity contribution in [2.24, 2.45) is 0 Å². The normalized spacial score (nSPS) is 12.8. The fraction of sp³-hybridized carbons (Fsp3) is 0.455. The molecule has 0 heterocycles. The maximum absolute atomic E-state index is 5.13. The molecule has 2 nitrogen and oxygen atoms in total. The van der Waals surface area contributed by atoms with Gasteiger partial charge in [0.25, 0.3) is 0 Å². The molecule has 1 N–H and O–H groups in total. The van der Waals surface area contributed by atoms with Crippen LogP contribution in [-0.4, -0.2) is 19.8 Å². The molecule has 0 radical (unpaired) electrons. The van der Waals surface area contributed by atoms with E-state index in [4.69, 9.17) is 4.74 Å². The van der Waals surface area contributed by atoms with Gasteiger partial charge >= 0.3 is 0 Å². The fourth-order valence-corrected chi connectivity index (χ4v) is 1.10. The lowest BCUT2D eigenvalue weighted by atomic mass is 10.2. The molecular weight excluding hydrogens is 162 g/mol. The van der Waals surface area contributed by atoms with Crippen LogP contribution < -0.4 is 5.32 Å². The predicted molar refractivity (Wildman–Crippen MR) is 54.6 cm³/mol. The van der Waals surface area contributed by atoms with Gasteiger partial charge in [-0.25, -0.2) is 0 Å². The number of methoxy groups -OCH3 is 1. The van der Waals surface area contributed by atoms with E-state index >= 15 is 0 Å². The minimum atomic E-state index is 0.281. The number of hydrogen-bond acceptors (Lipinski definition) is 2. The lowest BCUT2D eigenvalue weighted by Gasteiger charge is -2.10. The van der Waals surface area contributed by atoms with Crippen LogP contribution in [0.2, 0.25) is 0 Å². The summed E-state index contributed by atoms with van der Waals surface area (Å²) in [6.07, 6.45) is 0.281. The minimum Gasteiger partial charge on any atom is -0.380 e. The third kappa shape index (κ3) is 4.06.